The predicted molar refractivity (Wildman–Crippen MR) is 56.8 cm³/mol. The second kappa shape index (κ2) is 3.52. The standard InChI is InChI=1S/C10H14N2O2S/c13-8-3-7-5-14-6-10(4-8,12-7)9-11-1-2-15-9/h1-2,7-8,12-13H,3-6H2. The number of nitrogens with zero attached hydrogens (tertiary/aromatic N) is 1. The second-order valence-electron chi connectivity index (χ2n) is 4.37. The van der Waals surface area contributed by atoms with Gasteiger partial charge in [-0.25, -0.2) is 4.98 Å². The van der Waals surface area contributed by atoms with Gasteiger partial charge in [-0.05, 0) is 6.42 Å². The second-order valence-corrected chi connectivity index (χ2v) is 5.26. The highest BCUT2D eigenvalue weighted by Crippen LogP contribution is 2.36. The van der Waals surface area contributed by atoms with E-state index in [0.717, 1.165) is 11.4 Å². The fourth-order valence-corrected chi connectivity index (χ4v) is 3.38. The minimum Gasteiger partial charge on any atom is -0.393 e. The van der Waals surface area contributed by atoms with Gasteiger partial charge in [-0.3, -0.25) is 5.32 Å². The maximum Gasteiger partial charge on any atom is 0.115 e. The quantitative estimate of drug-likeness (QED) is 0.731. The summed E-state index contributed by atoms with van der Waals surface area (Å²) in [4.78, 5) is 4.35. The van der Waals surface area contributed by atoms with E-state index < -0.39 is 0 Å². The van der Waals surface area contributed by atoms with Gasteiger partial charge in [0.15, 0.2) is 0 Å². The highest BCUT2D eigenvalue weighted by atomic mass is 32.1. The molecule has 2 bridgehead atoms. The van der Waals surface area contributed by atoms with Crippen LogP contribution in [-0.4, -0.2) is 35.5 Å². The van der Waals surface area contributed by atoms with Crippen molar-refractivity contribution in [1.82, 2.24) is 10.3 Å². The van der Waals surface area contributed by atoms with Crippen LogP contribution in [0.1, 0.15) is 17.8 Å². The number of hydrogen-bond donors (Lipinski definition) is 2. The summed E-state index contributed by atoms with van der Waals surface area (Å²) in [6, 6.07) is 0.270. The van der Waals surface area contributed by atoms with Gasteiger partial charge < -0.3 is 9.84 Å². The van der Waals surface area contributed by atoms with Crippen LogP contribution in [0.4, 0.5) is 0 Å². The fourth-order valence-electron chi connectivity index (χ4n) is 2.58. The molecule has 3 unspecified atom stereocenters. The molecule has 2 fully saturated rings. The van der Waals surface area contributed by atoms with Gasteiger partial charge >= 0.3 is 0 Å². The minimum absolute atomic E-state index is 0.232. The number of fused-ring (bicyclic) bond motifs is 2. The Labute approximate surface area is 92.3 Å². The zero-order valence-corrected chi connectivity index (χ0v) is 9.17. The maximum absolute atomic E-state index is 9.86. The van der Waals surface area contributed by atoms with Gasteiger partial charge in [0.05, 0.1) is 24.9 Å². The first kappa shape index (κ1) is 9.72. The van der Waals surface area contributed by atoms with E-state index in [4.69, 9.17) is 4.74 Å². The Kier molecular flexibility index (Phi) is 2.28. The number of morpholine rings is 1. The molecule has 0 saturated carbocycles. The van der Waals surface area contributed by atoms with Crippen LogP contribution < -0.4 is 5.32 Å². The number of aliphatic hydroxyl groups is 1. The van der Waals surface area contributed by atoms with Gasteiger partial charge in [-0.2, -0.15) is 0 Å². The SMILES string of the molecule is OC1CC2COCC(c3nccs3)(C1)N2. The average molecular weight is 226 g/mol. The number of hydrogen-bond acceptors (Lipinski definition) is 5. The first-order valence-electron chi connectivity index (χ1n) is 5.22. The van der Waals surface area contributed by atoms with Crippen LogP contribution in [0.2, 0.25) is 0 Å². The maximum atomic E-state index is 9.86. The van der Waals surface area contributed by atoms with E-state index >= 15 is 0 Å². The van der Waals surface area contributed by atoms with Gasteiger partial charge in [0, 0.05) is 24.0 Å². The lowest BCUT2D eigenvalue weighted by molar-refractivity contribution is -0.0679. The molecule has 2 aliphatic heterocycles. The molecule has 82 valence electrons. The van der Waals surface area contributed by atoms with Crippen molar-refractivity contribution < 1.29 is 9.84 Å². The topological polar surface area (TPSA) is 54.4 Å². The highest BCUT2D eigenvalue weighted by molar-refractivity contribution is 7.09. The zero-order valence-electron chi connectivity index (χ0n) is 8.35. The van der Waals surface area contributed by atoms with Crippen LogP contribution in [0, 0.1) is 0 Å². The largest absolute Gasteiger partial charge is 0.393 e. The Morgan fingerprint density at radius 1 is 1.67 bits per heavy atom. The number of ether oxygens (including phenoxy) is 1. The zero-order chi connectivity index (χ0) is 10.3. The first-order chi connectivity index (χ1) is 7.28. The third kappa shape index (κ3) is 1.59. The summed E-state index contributed by atoms with van der Waals surface area (Å²) >= 11 is 1.63. The van der Waals surface area contributed by atoms with E-state index in [1.807, 2.05) is 5.38 Å². The van der Waals surface area contributed by atoms with Gasteiger partial charge in [0.1, 0.15) is 5.01 Å². The molecule has 15 heavy (non-hydrogen) atoms. The molecule has 3 rings (SSSR count). The average Bonchev–Trinajstić information content (AvgIpc) is 2.69. The summed E-state index contributed by atoms with van der Waals surface area (Å²) in [7, 11) is 0. The number of aromatic nitrogens is 1. The number of thiazole rings is 1. The Hall–Kier alpha value is -0.490. The Bertz CT molecular complexity index is 339. The molecule has 3 heterocycles. The molecular formula is C10H14N2O2S. The van der Waals surface area contributed by atoms with Crippen molar-refractivity contribution in [3.05, 3.63) is 16.6 Å². The highest BCUT2D eigenvalue weighted by Gasteiger charge is 2.45. The van der Waals surface area contributed by atoms with Crippen molar-refractivity contribution in [2.75, 3.05) is 13.2 Å². The van der Waals surface area contributed by atoms with Crippen LogP contribution >= 0.6 is 11.3 Å². The lowest BCUT2D eigenvalue weighted by atomic mass is 9.83. The van der Waals surface area contributed by atoms with Crippen molar-refractivity contribution in [3.63, 3.8) is 0 Å². The normalized spacial score (nSPS) is 40.3. The third-order valence-electron chi connectivity index (χ3n) is 3.13. The van der Waals surface area contributed by atoms with Crippen LogP contribution in [-0.2, 0) is 10.3 Å². The molecule has 0 spiro atoms. The van der Waals surface area contributed by atoms with Gasteiger partial charge in [0.25, 0.3) is 0 Å². The lowest BCUT2D eigenvalue weighted by Gasteiger charge is -2.46. The van der Waals surface area contributed by atoms with Crippen molar-refractivity contribution in [3.8, 4) is 0 Å². The van der Waals surface area contributed by atoms with Gasteiger partial charge in [-0.1, -0.05) is 0 Å². The van der Waals surface area contributed by atoms with E-state index in [9.17, 15) is 5.11 Å². The van der Waals surface area contributed by atoms with E-state index in [1.54, 1.807) is 17.5 Å². The summed E-state index contributed by atoms with van der Waals surface area (Å²) < 4.78 is 5.61. The van der Waals surface area contributed by atoms with Crippen LogP contribution in [0.25, 0.3) is 0 Å². The van der Waals surface area contributed by atoms with Crippen LogP contribution in [0.3, 0.4) is 0 Å². The predicted octanol–water partition coefficient (Wildman–Crippen LogP) is 0.482. The molecule has 2 saturated heterocycles. The molecule has 0 amide bonds. The van der Waals surface area contributed by atoms with Gasteiger partial charge in [-0.15, -0.1) is 11.3 Å². The Balaban J connectivity index is 1.95. The van der Waals surface area contributed by atoms with Crippen LogP contribution in [0.15, 0.2) is 11.6 Å². The van der Waals surface area contributed by atoms with Crippen molar-refractivity contribution in [2.45, 2.75) is 30.5 Å². The molecule has 1 aromatic rings. The molecule has 2 N–H and O–H groups in total. The molecule has 0 aromatic carbocycles. The summed E-state index contributed by atoms with van der Waals surface area (Å²) in [6.45, 7) is 1.32. The van der Waals surface area contributed by atoms with E-state index in [1.165, 1.54) is 0 Å². The summed E-state index contributed by atoms with van der Waals surface area (Å²) in [5.41, 5.74) is -0.241. The summed E-state index contributed by atoms with van der Waals surface area (Å²) in [6.07, 6.45) is 3.06. The molecule has 0 radical (unpaired) electrons. The number of piperidine rings is 1. The molecule has 4 nitrogen and oxygen atoms in total. The number of rotatable bonds is 1. The molecule has 3 atom stereocenters. The Morgan fingerprint density at radius 2 is 2.60 bits per heavy atom. The van der Waals surface area contributed by atoms with Crippen LogP contribution in [0.5, 0.6) is 0 Å². The third-order valence-corrected chi connectivity index (χ3v) is 4.11. The molecule has 5 heteroatoms. The van der Waals surface area contributed by atoms with Crippen molar-refractivity contribution in [1.29, 1.82) is 0 Å². The smallest absolute Gasteiger partial charge is 0.115 e. The summed E-state index contributed by atoms with van der Waals surface area (Å²) in [5, 5.41) is 16.4. The Morgan fingerprint density at radius 3 is 3.40 bits per heavy atom. The molecule has 2 aliphatic rings. The number of aliphatic hydroxyl groups excluding tert-OH is 1. The molecule has 1 aromatic heterocycles. The first-order valence-corrected chi connectivity index (χ1v) is 6.10. The monoisotopic (exact) mass is 226 g/mol. The number of nitrogens with one attached hydrogen (secondary N) is 1. The van der Waals surface area contributed by atoms with Gasteiger partial charge in [0.2, 0.25) is 0 Å². The summed E-state index contributed by atoms with van der Waals surface area (Å²) in [5.74, 6) is 0. The van der Waals surface area contributed by atoms with E-state index in [2.05, 4.69) is 10.3 Å². The minimum atomic E-state index is -0.241. The fraction of sp³-hybridized carbons (Fsp3) is 0.700. The van der Waals surface area contributed by atoms with Crippen molar-refractivity contribution in [2.24, 2.45) is 0 Å². The van der Waals surface area contributed by atoms with E-state index in [0.29, 0.717) is 19.6 Å². The van der Waals surface area contributed by atoms with E-state index in [-0.39, 0.29) is 17.7 Å². The molecule has 0 aliphatic carbocycles. The lowest BCUT2D eigenvalue weighted by Crippen LogP contribution is -2.62. The molecular weight excluding hydrogens is 212 g/mol. The van der Waals surface area contributed by atoms with Crippen molar-refractivity contribution >= 4 is 11.3 Å².